The number of rotatable bonds is 4. The van der Waals surface area contributed by atoms with E-state index < -0.39 is 5.97 Å². The van der Waals surface area contributed by atoms with Crippen molar-refractivity contribution in [3.63, 3.8) is 0 Å². The molecule has 1 aromatic rings. The highest BCUT2D eigenvalue weighted by Gasteiger charge is 2.13. The quantitative estimate of drug-likeness (QED) is 0.762. The lowest BCUT2D eigenvalue weighted by Crippen LogP contribution is -2.21. The zero-order valence-electron chi connectivity index (χ0n) is 7.65. The topological polar surface area (TPSA) is 66.6 Å². The minimum Gasteiger partial charge on any atom is -0.475 e. The lowest BCUT2D eigenvalue weighted by atomic mass is 10.4. The molecule has 0 amide bonds. The lowest BCUT2D eigenvalue weighted by molar-refractivity contribution is 0.0652. The first-order valence-electron chi connectivity index (χ1n) is 4.14. The predicted molar refractivity (Wildman–Crippen MR) is 47.0 cm³/mol. The van der Waals surface area contributed by atoms with Crippen LogP contribution in [-0.4, -0.2) is 29.3 Å². The van der Waals surface area contributed by atoms with Gasteiger partial charge >= 0.3 is 5.97 Å². The third-order valence-electron chi connectivity index (χ3n) is 1.80. The van der Waals surface area contributed by atoms with E-state index in [2.05, 4.69) is 9.68 Å². The van der Waals surface area contributed by atoms with Gasteiger partial charge in [0.1, 0.15) is 0 Å². The number of nitrogens with zero attached hydrogens (tertiary/aromatic N) is 2. The Labute approximate surface area is 75.9 Å². The second-order valence-corrected chi connectivity index (χ2v) is 2.53. The molecule has 0 aromatic carbocycles. The molecule has 1 heterocycles. The van der Waals surface area contributed by atoms with E-state index in [1.165, 1.54) is 6.07 Å². The van der Waals surface area contributed by atoms with E-state index in [4.69, 9.17) is 5.11 Å². The van der Waals surface area contributed by atoms with Gasteiger partial charge in [0, 0.05) is 19.2 Å². The molecule has 0 radical (unpaired) electrons. The molecule has 5 nitrogen and oxygen atoms in total. The molecule has 0 unspecified atom stereocenters. The third-order valence-corrected chi connectivity index (χ3v) is 1.80. The van der Waals surface area contributed by atoms with Gasteiger partial charge in [-0.25, -0.2) is 4.79 Å². The van der Waals surface area contributed by atoms with Crippen LogP contribution >= 0.6 is 0 Å². The third kappa shape index (κ3) is 1.99. The van der Waals surface area contributed by atoms with Gasteiger partial charge in [-0.2, -0.15) is 0 Å². The standard InChI is InChI=1S/C8H12N2O3/c1-3-10(4-2)7-5-6(8(11)12)13-9-7/h5H,3-4H2,1-2H3,(H,11,12). The number of aromatic nitrogens is 1. The Morgan fingerprint density at radius 1 is 1.62 bits per heavy atom. The molecule has 1 aromatic heterocycles. The molecule has 0 saturated heterocycles. The highest BCUT2D eigenvalue weighted by atomic mass is 16.5. The summed E-state index contributed by atoms with van der Waals surface area (Å²) in [5, 5.41) is 12.2. The van der Waals surface area contributed by atoms with Crippen molar-refractivity contribution < 1.29 is 14.4 Å². The average Bonchev–Trinajstić information content (AvgIpc) is 2.56. The second kappa shape index (κ2) is 3.93. The van der Waals surface area contributed by atoms with E-state index in [0.717, 1.165) is 13.1 Å². The summed E-state index contributed by atoms with van der Waals surface area (Å²) in [6, 6.07) is 1.43. The minimum absolute atomic E-state index is 0.123. The van der Waals surface area contributed by atoms with E-state index in [9.17, 15) is 4.79 Å². The summed E-state index contributed by atoms with van der Waals surface area (Å²) in [6.45, 7) is 5.50. The van der Waals surface area contributed by atoms with Gasteiger partial charge in [0.2, 0.25) is 5.76 Å². The summed E-state index contributed by atoms with van der Waals surface area (Å²) in [5.74, 6) is -0.643. The Bertz CT molecular complexity index is 291. The van der Waals surface area contributed by atoms with Gasteiger partial charge in [-0.05, 0) is 13.8 Å². The van der Waals surface area contributed by atoms with Gasteiger partial charge in [-0.15, -0.1) is 0 Å². The molecule has 0 aliphatic rings. The first-order chi connectivity index (χ1) is 6.19. The molecule has 1 rings (SSSR count). The fourth-order valence-electron chi connectivity index (χ4n) is 1.06. The Balaban J connectivity index is 2.84. The zero-order valence-corrected chi connectivity index (χ0v) is 7.65. The highest BCUT2D eigenvalue weighted by Crippen LogP contribution is 2.13. The minimum atomic E-state index is -1.09. The molecule has 72 valence electrons. The molecule has 0 atom stereocenters. The van der Waals surface area contributed by atoms with Crippen molar-refractivity contribution in [3.8, 4) is 0 Å². The number of carboxylic acid groups (broad SMARTS) is 1. The van der Waals surface area contributed by atoms with Crippen molar-refractivity contribution in [3.05, 3.63) is 11.8 Å². The van der Waals surface area contributed by atoms with Gasteiger partial charge in [-0.3, -0.25) is 0 Å². The summed E-state index contributed by atoms with van der Waals surface area (Å²) in [7, 11) is 0. The summed E-state index contributed by atoms with van der Waals surface area (Å²) in [5.41, 5.74) is 0. The average molecular weight is 184 g/mol. The maximum Gasteiger partial charge on any atom is 0.374 e. The van der Waals surface area contributed by atoms with Crippen LogP contribution < -0.4 is 4.90 Å². The predicted octanol–water partition coefficient (Wildman–Crippen LogP) is 1.22. The largest absolute Gasteiger partial charge is 0.475 e. The van der Waals surface area contributed by atoms with Gasteiger partial charge in [-0.1, -0.05) is 5.16 Å². The van der Waals surface area contributed by atoms with Crippen molar-refractivity contribution in [2.24, 2.45) is 0 Å². The van der Waals surface area contributed by atoms with E-state index in [-0.39, 0.29) is 5.76 Å². The molecule has 13 heavy (non-hydrogen) atoms. The first-order valence-corrected chi connectivity index (χ1v) is 4.14. The van der Waals surface area contributed by atoms with E-state index in [1.807, 2.05) is 18.7 Å². The Hall–Kier alpha value is -1.52. The number of anilines is 1. The molecule has 0 spiro atoms. The van der Waals surface area contributed by atoms with E-state index in [1.54, 1.807) is 0 Å². The highest BCUT2D eigenvalue weighted by molar-refractivity contribution is 5.85. The molecular formula is C8H12N2O3. The van der Waals surface area contributed by atoms with E-state index in [0.29, 0.717) is 5.82 Å². The molecule has 0 aliphatic carbocycles. The fourth-order valence-corrected chi connectivity index (χ4v) is 1.06. The number of aromatic carboxylic acids is 1. The van der Waals surface area contributed by atoms with Crippen molar-refractivity contribution in [2.75, 3.05) is 18.0 Å². The smallest absolute Gasteiger partial charge is 0.374 e. The van der Waals surface area contributed by atoms with Crippen LogP contribution in [0.1, 0.15) is 24.4 Å². The van der Waals surface area contributed by atoms with E-state index >= 15 is 0 Å². The zero-order chi connectivity index (χ0) is 9.84. The van der Waals surface area contributed by atoms with Crippen LogP contribution in [0.15, 0.2) is 10.6 Å². The molecule has 0 aliphatic heterocycles. The molecule has 0 bridgehead atoms. The summed E-state index contributed by atoms with van der Waals surface area (Å²) >= 11 is 0. The van der Waals surface area contributed by atoms with Crippen LogP contribution in [0.4, 0.5) is 5.82 Å². The van der Waals surface area contributed by atoms with Gasteiger partial charge < -0.3 is 14.5 Å². The molecular weight excluding hydrogens is 172 g/mol. The Morgan fingerprint density at radius 3 is 2.62 bits per heavy atom. The van der Waals surface area contributed by atoms with Crippen molar-refractivity contribution in [1.82, 2.24) is 5.16 Å². The summed E-state index contributed by atoms with van der Waals surface area (Å²) in [6.07, 6.45) is 0. The van der Waals surface area contributed by atoms with Crippen LogP contribution in [0, 0.1) is 0 Å². The van der Waals surface area contributed by atoms with Crippen molar-refractivity contribution in [2.45, 2.75) is 13.8 Å². The lowest BCUT2D eigenvalue weighted by Gasteiger charge is -2.15. The molecule has 0 saturated carbocycles. The maximum atomic E-state index is 10.5. The SMILES string of the molecule is CCN(CC)c1cc(C(=O)O)on1. The molecule has 0 fully saturated rings. The second-order valence-electron chi connectivity index (χ2n) is 2.53. The maximum absolute atomic E-state index is 10.5. The Morgan fingerprint density at radius 2 is 2.23 bits per heavy atom. The van der Waals surface area contributed by atoms with Crippen LogP contribution in [0.5, 0.6) is 0 Å². The van der Waals surface area contributed by atoms with Crippen molar-refractivity contribution >= 4 is 11.8 Å². The monoisotopic (exact) mass is 184 g/mol. The van der Waals surface area contributed by atoms with Crippen LogP contribution in [-0.2, 0) is 0 Å². The Kier molecular flexibility index (Phi) is 2.89. The number of hydrogen-bond donors (Lipinski definition) is 1. The van der Waals surface area contributed by atoms with Crippen LogP contribution in [0.3, 0.4) is 0 Å². The van der Waals surface area contributed by atoms with Crippen LogP contribution in [0.2, 0.25) is 0 Å². The van der Waals surface area contributed by atoms with Gasteiger partial charge in [0.15, 0.2) is 5.82 Å². The number of carboxylic acids is 1. The first kappa shape index (κ1) is 9.57. The fraction of sp³-hybridized carbons (Fsp3) is 0.500. The number of hydrogen-bond acceptors (Lipinski definition) is 4. The summed E-state index contributed by atoms with van der Waals surface area (Å²) < 4.78 is 4.62. The van der Waals surface area contributed by atoms with Gasteiger partial charge in [0.05, 0.1) is 0 Å². The summed E-state index contributed by atoms with van der Waals surface area (Å²) in [4.78, 5) is 12.4. The molecule has 5 heteroatoms. The van der Waals surface area contributed by atoms with Crippen molar-refractivity contribution in [1.29, 1.82) is 0 Å². The van der Waals surface area contributed by atoms with Gasteiger partial charge in [0.25, 0.3) is 0 Å². The van der Waals surface area contributed by atoms with Crippen LogP contribution in [0.25, 0.3) is 0 Å². The normalized spacial score (nSPS) is 10.0. The molecule has 1 N–H and O–H groups in total. The number of carbonyl (C=O) groups is 1.